The third-order valence-electron chi connectivity index (χ3n) is 6.10. The number of carboxylic acid groups (broad SMARTS) is 1. The Balaban J connectivity index is 2.32. The number of aliphatic hydroxyl groups is 2. The third kappa shape index (κ3) is 14.7. The summed E-state index contributed by atoms with van der Waals surface area (Å²) < 4.78 is 5.81. The minimum atomic E-state index is -1.23. The van der Waals surface area contributed by atoms with Gasteiger partial charge in [-0.15, -0.1) is 0 Å². The van der Waals surface area contributed by atoms with Gasteiger partial charge in [0.05, 0.1) is 33.4 Å². The summed E-state index contributed by atoms with van der Waals surface area (Å²) in [4.78, 5) is 35.2. The number of rotatable bonds is 17. The number of aliphatic hydroxyl groups excluding tert-OH is 2. The quantitative estimate of drug-likeness (QED) is 0.172. The summed E-state index contributed by atoms with van der Waals surface area (Å²) in [6.45, 7) is 2.27. The van der Waals surface area contributed by atoms with Crippen molar-refractivity contribution in [2.24, 2.45) is 11.8 Å². The van der Waals surface area contributed by atoms with Crippen LogP contribution in [0.4, 0.5) is 0 Å². The van der Waals surface area contributed by atoms with Gasteiger partial charge in [-0.3, -0.25) is 9.59 Å². The van der Waals surface area contributed by atoms with Crippen molar-refractivity contribution in [3.8, 4) is 0 Å². The molecule has 0 saturated heterocycles. The van der Waals surface area contributed by atoms with Gasteiger partial charge < -0.3 is 29.3 Å². The highest BCUT2D eigenvalue weighted by Crippen LogP contribution is 2.33. The maximum atomic E-state index is 12.2. The van der Waals surface area contributed by atoms with E-state index in [-0.39, 0.29) is 36.9 Å². The molecule has 1 rings (SSSR count). The van der Waals surface area contributed by atoms with E-state index in [0.29, 0.717) is 30.3 Å². The molecule has 208 valence electrons. The maximum absolute atomic E-state index is 12.2. The lowest BCUT2D eigenvalue weighted by atomic mass is 9.90. The molecule has 1 aliphatic rings. The molecule has 0 spiro atoms. The van der Waals surface area contributed by atoms with Crippen LogP contribution in [-0.4, -0.2) is 78.4 Å². The molecule has 0 aromatic heterocycles. The Kier molecular flexibility index (Phi) is 15.0. The normalized spacial score (nSPS) is 22.5. The number of Topliss-reactive ketones (excluding diaryl/α,β-unsaturated/α-hetero) is 1. The van der Waals surface area contributed by atoms with Crippen molar-refractivity contribution in [3.63, 3.8) is 0 Å². The molecule has 2 N–H and O–H groups in total. The van der Waals surface area contributed by atoms with E-state index in [1.807, 2.05) is 64.5 Å². The van der Waals surface area contributed by atoms with Crippen molar-refractivity contribution >= 4 is 17.7 Å². The highest BCUT2D eigenvalue weighted by atomic mass is 16.5. The Morgan fingerprint density at radius 2 is 1.73 bits per heavy atom. The van der Waals surface area contributed by atoms with Crippen molar-refractivity contribution < 1.29 is 38.9 Å². The van der Waals surface area contributed by atoms with Gasteiger partial charge in [-0.1, -0.05) is 55.5 Å². The zero-order chi connectivity index (χ0) is 27.8. The fourth-order valence-electron chi connectivity index (χ4n) is 4.21. The predicted octanol–water partition coefficient (Wildman–Crippen LogP) is 2.26. The van der Waals surface area contributed by atoms with Crippen LogP contribution in [-0.2, 0) is 19.1 Å². The predicted molar refractivity (Wildman–Crippen MR) is 141 cm³/mol. The summed E-state index contributed by atoms with van der Waals surface area (Å²) in [5.74, 6) is -2.10. The number of hydrogen-bond acceptors (Lipinski definition) is 7. The number of esters is 1. The van der Waals surface area contributed by atoms with E-state index in [9.17, 15) is 29.7 Å². The molecule has 1 fully saturated rings. The fourth-order valence-corrected chi connectivity index (χ4v) is 4.21. The van der Waals surface area contributed by atoms with E-state index in [2.05, 4.69) is 0 Å². The molecule has 5 atom stereocenters. The number of allylic oxidation sites excluding steroid dienone is 6. The summed E-state index contributed by atoms with van der Waals surface area (Å²) in [5, 5.41) is 30.8. The van der Waals surface area contributed by atoms with Crippen molar-refractivity contribution in [1.82, 2.24) is 0 Å². The van der Waals surface area contributed by atoms with E-state index < -0.39 is 30.3 Å². The van der Waals surface area contributed by atoms with Gasteiger partial charge in [0.1, 0.15) is 12.3 Å². The SMILES string of the molecule is CCC(O)/C=C/C1C(O)CC(=O)C1C/C=C/C/C=C/C/C=C/CCC(=O)OC(CC(=O)[O-])C[N+](C)(C)C. The number of carbonyl (C=O) groups excluding carboxylic acids is 3. The summed E-state index contributed by atoms with van der Waals surface area (Å²) in [7, 11) is 5.71. The molecule has 37 heavy (non-hydrogen) atoms. The number of ether oxygens (including phenoxy) is 1. The number of aliphatic carboxylic acids is 1. The Morgan fingerprint density at radius 3 is 2.32 bits per heavy atom. The Hall–Kier alpha value is -2.55. The zero-order valence-corrected chi connectivity index (χ0v) is 22.8. The van der Waals surface area contributed by atoms with Crippen LogP contribution in [0, 0.1) is 11.8 Å². The molecule has 0 heterocycles. The van der Waals surface area contributed by atoms with Crippen molar-refractivity contribution in [2.45, 2.75) is 76.6 Å². The molecule has 8 nitrogen and oxygen atoms in total. The third-order valence-corrected chi connectivity index (χ3v) is 6.10. The number of carbonyl (C=O) groups is 3. The van der Waals surface area contributed by atoms with Gasteiger partial charge in [-0.2, -0.15) is 0 Å². The molecular formula is C29H45NO7. The lowest BCUT2D eigenvalue weighted by molar-refractivity contribution is -0.873. The maximum Gasteiger partial charge on any atom is 0.306 e. The van der Waals surface area contributed by atoms with Gasteiger partial charge in [0.2, 0.25) is 0 Å². The van der Waals surface area contributed by atoms with Crippen LogP contribution < -0.4 is 5.11 Å². The van der Waals surface area contributed by atoms with E-state index in [1.165, 1.54) is 0 Å². The Morgan fingerprint density at radius 1 is 1.11 bits per heavy atom. The average molecular weight is 520 g/mol. The molecule has 5 unspecified atom stereocenters. The second kappa shape index (κ2) is 17.1. The molecular weight excluding hydrogens is 474 g/mol. The summed E-state index contributed by atoms with van der Waals surface area (Å²) in [5.41, 5.74) is 0. The van der Waals surface area contributed by atoms with Crippen LogP contribution in [0.1, 0.15) is 58.3 Å². The van der Waals surface area contributed by atoms with Crippen LogP contribution in [0.25, 0.3) is 0 Å². The molecule has 0 amide bonds. The largest absolute Gasteiger partial charge is 0.550 e. The van der Waals surface area contributed by atoms with Crippen LogP contribution in [0.3, 0.4) is 0 Å². The van der Waals surface area contributed by atoms with Crippen molar-refractivity contribution in [2.75, 3.05) is 27.7 Å². The fraction of sp³-hybridized carbons (Fsp3) is 0.621. The van der Waals surface area contributed by atoms with Crippen molar-refractivity contribution in [1.29, 1.82) is 0 Å². The molecule has 0 aromatic carbocycles. The second-order valence-electron chi connectivity index (χ2n) is 10.6. The van der Waals surface area contributed by atoms with Gasteiger partial charge >= 0.3 is 5.97 Å². The topological polar surface area (TPSA) is 124 Å². The van der Waals surface area contributed by atoms with Gasteiger partial charge in [0.15, 0.2) is 6.10 Å². The number of quaternary nitrogens is 1. The highest BCUT2D eigenvalue weighted by molar-refractivity contribution is 5.84. The number of hydrogen-bond donors (Lipinski definition) is 2. The highest BCUT2D eigenvalue weighted by Gasteiger charge is 2.39. The number of nitrogens with zero attached hydrogens (tertiary/aromatic N) is 1. The molecule has 1 saturated carbocycles. The van der Waals surface area contributed by atoms with Gasteiger partial charge in [-0.05, 0) is 32.1 Å². The van der Waals surface area contributed by atoms with E-state index >= 15 is 0 Å². The summed E-state index contributed by atoms with van der Waals surface area (Å²) in [6.07, 6.45) is 16.5. The van der Waals surface area contributed by atoms with Gasteiger partial charge in [-0.25, -0.2) is 0 Å². The monoisotopic (exact) mass is 519 g/mol. The average Bonchev–Trinajstić information content (AvgIpc) is 3.05. The first kappa shape index (κ1) is 32.5. The lowest BCUT2D eigenvalue weighted by Gasteiger charge is -2.29. The second-order valence-corrected chi connectivity index (χ2v) is 10.6. The zero-order valence-electron chi connectivity index (χ0n) is 22.8. The van der Waals surface area contributed by atoms with Gasteiger partial charge in [0.25, 0.3) is 0 Å². The molecule has 8 heteroatoms. The summed E-state index contributed by atoms with van der Waals surface area (Å²) >= 11 is 0. The molecule has 0 aromatic rings. The number of ketones is 1. The van der Waals surface area contributed by atoms with Crippen LogP contribution in [0.5, 0.6) is 0 Å². The number of likely N-dealkylation sites (N-methyl/N-ethyl adjacent to an activating group) is 1. The first-order valence-electron chi connectivity index (χ1n) is 13.1. The van der Waals surface area contributed by atoms with Crippen LogP contribution in [0.15, 0.2) is 48.6 Å². The minimum absolute atomic E-state index is 0.0603. The van der Waals surface area contributed by atoms with Crippen LogP contribution >= 0.6 is 0 Å². The first-order valence-corrected chi connectivity index (χ1v) is 13.1. The Labute approximate surface area is 221 Å². The molecule has 0 bridgehead atoms. The molecule has 1 aliphatic carbocycles. The lowest BCUT2D eigenvalue weighted by Crippen LogP contribution is -2.45. The van der Waals surface area contributed by atoms with E-state index in [0.717, 1.165) is 12.8 Å². The van der Waals surface area contributed by atoms with E-state index in [1.54, 1.807) is 12.2 Å². The molecule has 0 aliphatic heterocycles. The van der Waals surface area contributed by atoms with Gasteiger partial charge in [0, 0.05) is 37.1 Å². The number of carboxylic acids is 1. The van der Waals surface area contributed by atoms with E-state index in [4.69, 9.17) is 4.74 Å². The smallest absolute Gasteiger partial charge is 0.306 e. The minimum Gasteiger partial charge on any atom is -0.550 e. The standard InChI is InChI=1S/C29H45NO7/c1-5-22(31)17-18-25-24(26(32)20-27(25)33)15-13-11-9-7-6-8-10-12-14-16-29(36)37-23(19-28(34)35)21-30(2,3)4/h6-7,10-13,17-18,22-25,27,31,33H,5,8-9,14-16,19-21H2,1-4H3/b7-6+,12-10+,13-11+,18-17+. The van der Waals surface area contributed by atoms with Crippen LogP contribution in [0.2, 0.25) is 0 Å². The summed E-state index contributed by atoms with van der Waals surface area (Å²) in [6, 6.07) is 0. The van der Waals surface area contributed by atoms with Crippen molar-refractivity contribution in [3.05, 3.63) is 48.6 Å². The first-order chi connectivity index (χ1) is 17.4. The Bertz CT molecular complexity index is 838. The molecule has 0 radical (unpaired) electrons.